The van der Waals surface area contributed by atoms with Crippen LogP contribution in [0.4, 0.5) is 5.69 Å². The van der Waals surface area contributed by atoms with Crippen LogP contribution < -0.4 is 5.32 Å². The predicted molar refractivity (Wildman–Crippen MR) is 58.2 cm³/mol. The molecule has 0 saturated carbocycles. The second-order valence-corrected chi connectivity index (χ2v) is 3.11. The molecular formula is C10H11N5. The highest BCUT2D eigenvalue weighted by atomic mass is 15.1. The zero-order valence-corrected chi connectivity index (χ0v) is 8.38. The SMILES string of the molecule is Cc1cccc(NC(C#N)CN=[N+]=[N-])c1. The van der Waals surface area contributed by atoms with Crippen LogP contribution in [0.25, 0.3) is 10.4 Å². The van der Waals surface area contributed by atoms with Crippen molar-refractivity contribution in [2.75, 3.05) is 11.9 Å². The van der Waals surface area contributed by atoms with Gasteiger partial charge in [0.05, 0.1) is 12.6 Å². The lowest BCUT2D eigenvalue weighted by Crippen LogP contribution is -2.20. The second kappa shape index (κ2) is 5.53. The Labute approximate surface area is 88.0 Å². The molecule has 0 aliphatic heterocycles. The lowest BCUT2D eigenvalue weighted by Gasteiger charge is -2.10. The topological polar surface area (TPSA) is 84.6 Å². The van der Waals surface area contributed by atoms with Gasteiger partial charge in [-0.15, -0.1) is 0 Å². The van der Waals surface area contributed by atoms with Gasteiger partial charge in [0, 0.05) is 10.6 Å². The molecule has 5 heteroatoms. The van der Waals surface area contributed by atoms with Crippen molar-refractivity contribution in [2.45, 2.75) is 13.0 Å². The van der Waals surface area contributed by atoms with Crippen molar-refractivity contribution >= 4 is 5.69 Å². The van der Waals surface area contributed by atoms with E-state index in [1.807, 2.05) is 37.3 Å². The Morgan fingerprint density at radius 2 is 2.47 bits per heavy atom. The van der Waals surface area contributed by atoms with Crippen molar-refractivity contribution in [2.24, 2.45) is 5.11 Å². The molecule has 0 saturated heterocycles. The molecular weight excluding hydrogens is 190 g/mol. The average molecular weight is 201 g/mol. The van der Waals surface area contributed by atoms with Crippen LogP contribution in [0.3, 0.4) is 0 Å². The van der Waals surface area contributed by atoms with Crippen LogP contribution in [0.15, 0.2) is 29.4 Å². The van der Waals surface area contributed by atoms with Gasteiger partial charge in [-0.1, -0.05) is 17.2 Å². The molecule has 1 rings (SSSR count). The van der Waals surface area contributed by atoms with Crippen molar-refractivity contribution in [3.8, 4) is 6.07 Å². The van der Waals surface area contributed by atoms with E-state index in [1.165, 1.54) is 0 Å². The number of benzene rings is 1. The minimum absolute atomic E-state index is 0.126. The third-order valence-corrected chi connectivity index (χ3v) is 1.84. The predicted octanol–water partition coefficient (Wildman–Crippen LogP) is 2.61. The van der Waals surface area contributed by atoms with E-state index in [1.54, 1.807) is 0 Å². The largest absolute Gasteiger partial charge is 0.370 e. The lowest BCUT2D eigenvalue weighted by atomic mass is 10.2. The van der Waals surface area contributed by atoms with Gasteiger partial charge in [-0.2, -0.15) is 5.26 Å². The number of azide groups is 1. The Morgan fingerprint density at radius 1 is 1.67 bits per heavy atom. The number of rotatable bonds is 4. The van der Waals surface area contributed by atoms with E-state index >= 15 is 0 Å². The Bertz CT molecular complexity index is 414. The van der Waals surface area contributed by atoms with Gasteiger partial charge in [0.1, 0.15) is 6.04 Å². The molecule has 0 bridgehead atoms. The fourth-order valence-electron chi connectivity index (χ4n) is 1.17. The van der Waals surface area contributed by atoms with Gasteiger partial charge in [-0.25, -0.2) is 0 Å². The molecule has 15 heavy (non-hydrogen) atoms. The number of hydrogen-bond acceptors (Lipinski definition) is 3. The fraction of sp³-hybridized carbons (Fsp3) is 0.300. The monoisotopic (exact) mass is 201 g/mol. The zero-order chi connectivity index (χ0) is 11.1. The van der Waals surface area contributed by atoms with Gasteiger partial charge in [-0.05, 0) is 30.2 Å². The van der Waals surface area contributed by atoms with Gasteiger partial charge in [0.2, 0.25) is 0 Å². The van der Waals surface area contributed by atoms with Crippen LogP contribution in [-0.2, 0) is 0 Å². The van der Waals surface area contributed by atoms with E-state index < -0.39 is 6.04 Å². The molecule has 0 fully saturated rings. The molecule has 5 nitrogen and oxygen atoms in total. The van der Waals surface area contributed by atoms with Crippen molar-refractivity contribution in [3.05, 3.63) is 40.3 Å². The van der Waals surface area contributed by atoms with Gasteiger partial charge in [0.15, 0.2) is 0 Å². The normalized spacial score (nSPS) is 10.9. The first-order chi connectivity index (χ1) is 7.26. The molecule has 1 N–H and O–H groups in total. The Balaban J connectivity index is 2.67. The molecule has 1 aromatic carbocycles. The number of aryl methyl sites for hydroxylation is 1. The maximum atomic E-state index is 8.79. The molecule has 0 amide bonds. The van der Waals surface area contributed by atoms with Crippen molar-refractivity contribution in [1.29, 1.82) is 5.26 Å². The summed E-state index contributed by atoms with van der Waals surface area (Å²) in [6, 6.07) is 9.22. The van der Waals surface area contributed by atoms with Crippen LogP contribution >= 0.6 is 0 Å². The Hall–Kier alpha value is -2.18. The molecule has 0 aliphatic rings. The van der Waals surface area contributed by atoms with E-state index in [0.717, 1.165) is 11.3 Å². The highest BCUT2D eigenvalue weighted by Gasteiger charge is 2.04. The van der Waals surface area contributed by atoms with Gasteiger partial charge >= 0.3 is 0 Å². The summed E-state index contributed by atoms with van der Waals surface area (Å²) in [5, 5.41) is 15.1. The minimum Gasteiger partial charge on any atom is -0.370 e. The molecule has 76 valence electrons. The third-order valence-electron chi connectivity index (χ3n) is 1.84. The van der Waals surface area contributed by atoms with Crippen LogP contribution in [0.5, 0.6) is 0 Å². The molecule has 0 aromatic heterocycles. The molecule has 0 spiro atoms. The smallest absolute Gasteiger partial charge is 0.120 e. The number of anilines is 1. The fourth-order valence-corrected chi connectivity index (χ4v) is 1.17. The summed E-state index contributed by atoms with van der Waals surface area (Å²) in [6.07, 6.45) is 0. The summed E-state index contributed by atoms with van der Waals surface area (Å²) in [5.41, 5.74) is 10.1. The van der Waals surface area contributed by atoms with Crippen molar-refractivity contribution < 1.29 is 0 Å². The van der Waals surface area contributed by atoms with E-state index in [-0.39, 0.29) is 6.54 Å². The highest BCUT2D eigenvalue weighted by Crippen LogP contribution is 2.10. The second-order valence-electron chi connectivity index (χ2n) is 3.11. The summed E-state index contributed by atoms with van der Waals surface area (Å²) in [6.45, 7) is 2.10. The lowest BCUT2D eigenvalue weighted by molar-refractivity contribution is 0.880. The van der Waals surface area contributed by atoms with E-state index in [0.29, 0.717) is 0 Å². The number of nitrogens with zero attached hydrogens (tertiary/aromatic N) is 4. The van der Waals surface area contributed by atoms with Gasteiger partial charge < -0.3 is 5.32 Å². The zero-order valence-electron chi connectivity index (χ0n) is 8.38. The Kier molecular flexibility index (Phi) is 4.02. The average Bonchev–Trinajstić information content (AvgIpc) is 2.24. The molecule has 0 heterocycles. The van der Waals surface area contributed by atoms with Crippen LogP contribution in [0, 0.1) is 18.3 Å². The van der Waals surface area contributed by atoms with Crippen LogP contribution in [0.2, 0.25) is 0 Å². The summed E-state index contributed by atoms with van der Waals surface area (Å²) < 4.78 is 0. The van der Waals surface area contributed by atoms with Crippen LogP contribution in [0.1, 0.15) is 5.56 Å². The molecule has 1 unspecified atom stereocenters. The first-order valence-corrected chi connectivity index (χ1v) is 4.50. The van der Waals surface area contributed by atoms with E-state index in [4.69, 9.17) is 10.8 Å². The summed E-state index contributed by atoms with van der Waals surface area (Å²) >= 11 is 0. The maximum Gasteiger partial charge on any atom is 0.120 e. The maximum absolute atomic E-state index is 8.79. The Morgan fingerprint density at radius 3 is 3.07 bits per heavy atom. The number of nitriles is 1. The third kappa shape index (κ3) is 3.59. The standard InChI is InChI=1S/C10H11N5/c1-8-3-2-4-9(5-8)14-10(6-11)7-13-15-12/h2-5,10,14H,7H2,1H3. The quantitative estimate of drug-likeness (QED) is 0.461. The number of hydrogen-bond donors (Lipinski definition) is 1. The van der Waals surface area contributed by atoms with Gasteiger partial charge in [0.25, 0.3) is 0 Å². The van der Waals surface area contributed by atoms with Crippen LogP contribution in [-0.4, -0.2) is 12.6 Å². The molecule has 1 aromatic rings. The summed E-state index contributed by atoms with van der Waals surface area (Å²) in [4.78, 5) is 2.62. The van der Waals surface area contributed by atoms with E-state index in [9.17, 15) is 0 Å². The minimum atomic E-state index is -0.484. The molecule has 0 aliphatic carbocycles. The molecule has 0 radical (unpaired) electrons. The van der Waals surface area contributed by atoms with E-state index in [2.05, 4.69) is 15.3 Å². The van der Waals surface area contributed by atoms with Crippen molar-refractivity contribution in [3.63, 3.8) is 0 Å². The first kappa shape index (κ1) is 10.9. The summed E-state index contributed by atoms with van der Waals surface area (Å²) in [7, 11) is 0. The highest BCUT2D eigenvalue weighted by molar-refractivity contribution is 5.47. The number of nitrogens with one attached hydrogen (secondary N) is 1. The summed E-state index contributed by atoms with van der Waals surface area (Å²) in [5.74, 6) is 0. The first-order valence-electron chi connectivity index (χ1n) is 4.50. The van der Waals surface area contributed by atoms with Crippen molar-refractivity contribution in [1.82, 2.24) is 0 Å². The molecule has 1 atom stereocenters. The van der Waals surface area contributed by atoms with Gasteiger partial charge in [-0.3, -0.25) is 0 Å².